The van der Waals surface area contributed by atoms with Crippen LogP contribution in [0.4, 0.5) is 0 Å². The van der Waals surface area contributed by atoms with E-state index in [1.807, 2.05) is 109 Å². The lowest BCUT2D eigenvalue weighted by atomic mass is 9.97. The predicted octanol–water partition coefficient (Wildman–Crippen LogP) is 11.4. The molecule has 0 amide bonds. The van der Waals surface area contributed by atoms with Crippen LogP contribution in [0, 0.1) is 47.4 Å². The summed E-state index contributed by atoms with van der Waals surface area (Å²) in [5, 5.41) is 0.107. The maximum atomic E-state index is 11.6. The SMILES string of the molecule is CC(=O)Sc1ccc(C#Cc2cc(C#Cc3ccc(SC(C)=O)cc3)cc(Cc3cc(C#Cc4ccc(SC(C)=O)cc4)cc(C#Cc4ccc(SC(C)=O)cc4)c3)c2)cc1. The molecule has 0 radical (unpaired) electrons. The number of rotatable bonds is 6. The molecule has 6 aromatic carbocycles. The van der Waals surface area contributed by atoms with Crippen LogP contribution in [-0.2, 0) is 25.6 Å². The summed E-state index contributed by atoms with van der Waals surface area (Å²) in [6, 6.07) is 42.6. The van der Waals surface area contributed by atoms with Crippen molar-refractivity contribution in [3.8, 4) is 47.4 Å². The van der Waals surface area contributed by atoms with Crippen molar-refractivity contribution in [1.29, 1.82) is 0 Å². The summed E-state index contributed by atoms with van der Waals surface area (Å²) in [5.41, 5.74) is 8.48. The van der Waals surface area contributed by atoms with Crippen LogP contribution < -0.4 is 0 Å². The van der Waals surface area contributed by atoms with Gasteiger partial charge in [0, 0.05) is 91.8 Å². The van der Waals surface area contributed by atoms with Gasteiger partial charge in [0.25, 0.3) is 0 Å². The van der Waals surface area contributed by atoms with Crippen LogP contribution in [0.2, 0.25) is 0 Å². The van der Waals surface area contributed by atoms with E-state index in [1.54, 1.807) is 27.7 Å². The molecule has 0 aliphatic carbocycles. The van der Waals surface area contributed by atoms with E-state index >= 15 is 0 Å². The molecule has 0 saturated heterocycles. The van der Waals surface area contributed by atoms with Gasteiger partial charge in [-0.25, -0.2) is 0 Å². The van der Waals surface area contributed by atoms with E-state index in [9.17, 15) is 19.2 Å². The molecule has 0 unspecified atom stereocenters. The molecule has 0 bridgehead atoms. The number of benzene rings is 6. The highest BCUT2D eigenvalue weighted by molar-refractivity contribution is 8.14. The van der Waals surface area contributed by atoms with Crippen LogP contribution in [0.5, 0.6) is 0 Å². The van der Waals surface area contributed by atoms with Crippen molar-refractivity contribution in [3.05, 3.63) is 189 Å². The molecule has 8 heteroatoms. The molecule has 0 fully saturated rings. The number of thioether (sulfide) groups is 4. The molecule has 0 spiro atoms. The van der Waals surface area contributed by atoms with Gasteiger partial charge in [-0.15, -0.1) is 0 Å². The van der Waals surface area contributed by atoms with Crippen LogP contribution in [-0.4, -0.2) is 20.5 Å². The molecule has 6 aromatic rings. The van der Waals surface area contributed by atoms with Gasteiger partial charge in [-0.1, -0.05) is 94.4 Å². The highest BCUT2D eigenvalue weighted by atomic mass is 32.2. The minimum absolute atomic E-state index is 0.0268. The van der Waals surface area contributed by atoms with Crippen LogP contribution in [0.25, 0.3) is 0 Å². The number of carbonyl (C=O) groups excluding carboxylic acids is 4. The Balaban J connectivity index is 1.36. The summed E-state index contributed by atoms with van der Waals surface area (Å²) in [5.74, 6) is 26.4. The molecule has 4 nitrogen and oxygen atoms in total. The van der Waals surface area contributed by atoms with Gasteiger partial charge in [0.1, 0.15) is 0 Å². The molecule has 0 aromatic heterocycles. The van der Waals surface area contributed by atoms with E-state index in [0.29, 0.717) is 6.42 Å². The Hall–Kier alpha value is -6.36. The van der Waals surface area contributed by atoms with Gasteiger partial charge in [-0.2, -0.15) is 0 Å². The third-order valence-corrected chi connectivity index (χ3v) is 11.4. The van der Waals surface area contributed by atoms with Crippen LogP contribution in [0.3, 0.4) is 0 Å². The molecule has 0 aliphatic rings. The Morgan fingerprint density at radius 2 is 0.508 bits per heavy atom. The monoisotopic (exact) mass is 864 g/mol. The summed E-state index contributed by atoms with van der Waals surface area (Å²) in [4.78, 5) is 49.8. The second kappa shape index (κ2) is 21.8. The standard InChI is InChI=1S/C53H36O4S4/c1-36(54)58-50-21-13-40(14-22-50)5-9-44-29-45(10-6-41-15-23-51(24-16-41)59-37(2)55)32-48(31-44)35-49-33-46(11-7-42-17-25-52(26-18-42)60-38(3)56)30-47(34-49)12-8-43-19-27-53(28-20-43)61-39(4)57/h13-34H,35H2,1-4H3. The Kier molecular flexibility index (Phi) is 15.8. The first-order chi connectivity index (χ1) is 29.4. The van der Waals surface area contributed by atoms with Crippen molar-refractivity contribution in [3.63, 3.8) is 0 Å². The van der Waals surface area contributed by atoms with Gasteiger partial charge in [-0.3, -0.25) is 19.2 Å². The molecular formula is C53H36O4S4. The molecule has 6 rings (SSSR count). The average molecular weight is 865 g/mol. The lowest BCUT2D eigenvalue weighted by molar-refractivity contribution is -0.109. The first-order valence-corrected chi connectivity index (χ1v) is 22.2. The van der Waals surface area contributed by atoms with E-state index in [-0.39, 0.29) is 20.5 Å². The summed E-state index contributed by atoms with van der Waals surface area (Å²) >= 11 is 4.74. The largest absolute Gasteiger partial charge is 0.287 e. The number of hydrogen-bond acceptors (Lipinski definition) is 8. The summed E-state index contributed by atoms with van der Waals surface area (Å²) < 4.78 is 0. The van der Waals surface area contributed by atoms with Gasteiger partial charge < -0.3 is 0 Å². The van der Waals surface area contributed by atoms with Crippen molar-refractivity contribution < 1.29 is 19.2 Å². The van der Waals surface area contributed by atoms with Crippen LogP contribution >= 0.6 is 47.0 Å². The zero-order chi connectivity index (χ0) is 43.1. The van der Waals surface area contributed by atoms with E-state index in [0.717, 1.165) is 75.2 Å². The van der Waals surface area contributed by atoms with Crippen molar-refractivity contribution in [2.75, 3.05) is 0 Å². The first-order valence-electron chi connectivity index (χ1n) is 18.9. The quantitative estimate of drug-likeness (QED) is 0.121. The Morgan fingerprint density at radius 3 is 0.705 bits per heavy atom. The second-order valence-corrected chi connectivity index (χ2v) is 18.5. The van der Waals surface area contributed by atoms with E-state index < -0.39 is 0 Å². The molecule has 0 saturated carbocycles. The van der Waals surface area contributed by atoms with E-state index in [4.69, 9.17) is 0 Å². The van der Waals surface area contributed by atoms with Gasteiger partial charge in [0.05, 0.1) is 0 Å². The zero-order valence-electron chi connectivity index (χ0n) is 33.7. The van der Waals surface area contributed by atoms with Gasteiger partial charge in [0.15, 0.2) is 20.5 Å². The third-order valence-electron chi connectivity index (χ3n) is 8.26. The fraction of sp³-hybridized carbons (Fsp3) is 0.0943. The van der Waals surface area contributed by atoms with Crippen LogP contribution in [0.1, 0.15) is 83.3 Å². The van der Waals surface area contributed by atoms with Crippen molar-refractivity contribution >= 4 is 67.5 Å². The highest BCUT2D eigenvalue weighted by Crippen LogP contribution is 2.23. The maximum absolute atomic E-state index is 11.6. The molecule has 0 N–H and O–H groups in total. The Labute approximate surface area is 374 Å². The van der Waals surface area contributed by atoms with E-state index in [1.165, 1.54) is 47.0 Å². The van der Waals surface area contributed by atoms with E-state index in [2.05, 4.69) is 71.6 Å². The fourth-order valence-electron chi connectivity index (χ4n) is 5.78. The molecular weight excluding hydrogens is 829 g/mol. The molecule has 0 aliphatic heterocycles. The number of carbonyl (C=O) groups is 4. The average Bonchev–Trinajstić information content (AvgIpc) is 3.22. The molecule has 296 valence electrons. The topological polar surface area (TPSA) is 68.3 Å². The van der Waals surface area contributed by atoms with Gasteiger partial charge in [0.2, 0.25) is 0 Å². The lowest BCUT2D eigenvalue weighted by Crippen LogP contribution is -1.94. The molecule has 0 heterocycles. The summed E-state index contributed by atoms with van der Waals surface area (Å²) in [7, 11) is 0. The maximum Gasteiger partial charge on any atom is 0.190 e. The smallest absolute Gasteiger partial charge is 0.190 e. The third kappa shape index (κ3) is 15.0. The van der Waals surface area contributed by atoms with Crippen LogP contribution in [0.15, 0.2) is 153 Å². The Bertz CT molecular complexity index is 2490. The second-order valence-electron chi connectivity index (χ2n) is 13.5. The fourth-order valence-corrected chi connectivity index (χ4v) is 8.20. The van der Waals surface area contributed by atoms with Crippen molar-refractivity contribution in [1.82, 2.24) is 0 Å². The highest BCUT2D eigenvalue weighted by Gasteiger charge is 2.06. The number of hydrogen-bond donors (Lipinski definition) is 0. The predicted molar refractivity (Wildman–Crippen MR) is 252 cm³/mol. The van der Waals surface area contributed by atoms with Crippen molar-refractivity contribution in [2.45, 2.75) is 53.7 Å². The first kappa shape index (κ1) is 44.2. The minimum Gasteiger partial charge on any atom is -0.287 e. The summed E-state index contributed by atoms with van der Waals surface area (Å²) in [6.45, 7) is 6.18. The lowest BCUT2D eigenvalue weighted by Gasteiger charge is -2.07. The molecule has 61 heavy (non-hydrogen) atoms. The summed E-state index contributed by atoms with van der Waals surface area (Å²) in [6.07, 6.45) is 0.552. The minimum atomic E-state index is 0.0268. The van der Waals surface area contributed by atoms with Crippen molar-refractivity contribution in [2.24, 2.45) is 0 Å². The molecule has 0 atom stereocenters. The normalized spacial score (nSPS) is 10.0. The van der Waals surface area contributed by atoms with Gasteiger partial charge in [-0.05, 0) is 151 Å². The van der Waals surface area contributed by atoms with Gasteiger partial charge >= 0.3 is 0 Å². The zero-order valence-corrected chi connectivity index (χ0v) is 36.9. The Morgan fingerprint density at radius 1 is 0.311 bits per heavy atom.